The molecule has 0 bridgehead atoms. The number of carbonyl (C=O) groups excluding carboxylic acids is 2. The van der Waals surface area contributed by atoms with Crippen LogP contribution in [0.5, 0.6) is 0 Å². The zero-order valence-electron chi connectivity index (χ0n) is 34.8. The zero-order valence-corrected chi connectivity index (χ0v) is 34.8. The van der Waals surface area contributed by atoms with Gasteiger partial charge < -0.3 is 18.9 Å². The summed E-state index contributed by atoms with van der Waals surface area (Å²) in [5.74, 6) is -0.346. The molecule has 0 fully saturated rings. The van der Waals surface area contributed by atoms with Gasteiger partial charge in [-0.15, -0.1) is 0 Å². The van der Waals surface area contributed by atoms with Gasteiger partial charge in [-0.3, -0.25) is 19.4 Å². The molecule has 8 heteroatoms. The second-order valence-electron chi connectivity index (χ2n) is 14.4. The number of unbranched alkanes of at least 4 members (excludes halogenated alkanes) is 16. The summed E-state index contributed by atoms with van der Waals surface area (Å²) >= 11 is 0. The minimum Gasteiger partial charge on any atom is -0.465 e. The Bertz CT molecular complexity index is 698. The Kier molecular flexibility index (Phi) is 37.6. The fraction of sp³-hybridized carbons (Fsp3) is 0.953. The summed E-state index contributed by atoms with van der Waals surface area (Å²) in [4.78, 5) is 32.4. The van der Waals surface area contributed by atoms with Crippen LogP contribution in [-0.4, -0.2) is 99.6 Å². The van der Waals surface area contributed by atoms with Gasteiger partial charge in [0.15, 0.2) is 0 Å². The molecule has 0 spiro atoms. The molecule has 51 heavy (non-hydrogen) atoms. The summed E-state index contributed by atoms with van der Waals surface area (Å²) < 4.78 is 23.4. The predicted octanol–water partition coefficient (Wildman–Crippen LogP) is 10.5. The predicted molar refractivity (Wildman–Crippen MR) is 215 cm³/mol. The first kappa shape index (κ1) is 49.8. The van der Waals surface area contributed by atoms with Gasteiger partial charge in [-0.2, -0.15) is 0 Å². The largest absolute Gasteiger partial charge is 0.465 e. The van der Waals surface area contributed by atoms with Gasteiger partial charge in [0.2, 0.25) is 0 Å². The lowest BCUT2D eigenvalue weighted by atomic mass is 10.0. The van der Waals surface area contributed by atoms with Crippen molar-refractivity contribution >= 4 is 11.9 Å². The number of hydrogen-bond donors (Lipinski definition) is 0. The van der Waals surface area contributed by atoms with E-state index in [1.165, 1.54) is 77.0 Å². The zero-order chi connectivity index (χ0) is 37.6. The van der Waals surface area contributed by atoms with E-state index in [1.54, 1.807) is 0 Å². The van der Waals surface area contributed by atoms with Gasteiger partial charge in [0, 0.05) is 32.8 Å². The molecule has 8 nitrogen and oxygen atoms in total. The molecule has 0 aliphatic heterocycles. The van der Waals surface area contributed by atoms with Gasteiger partial charge in [0.25, 0.3) is 0 Å². The second kappa shape index (κ2) is 38.5. The lowest BCUT2D eigenvalue weighted by Crippen LogP contribution is -2.52. The molecule has 2 atom stereocenters. The Morgan fingerprint density at radius 1 is 0.412 bits per heavy atom. The highest BCUT2D eigenvalue weighted by atomic mass is 16.5. The van der Waals surface area contributed by atoms with Gasteiger partial charge in [0.1, 0.15) is 12.1 Å². The highest BCUT2D eigenvalue weighted by Crippen LogP contribution is 2.21. The van der Waals surface area contributed by atoms with Crippen molar-refractivity contribution < 1.29 is 28.5 Å². The van der Waals surface area contributed by atoms with E-state index in [-0.39, 0.29) is 11.9 Å². The number of esters is 2. The first-order valence-electron chi connectivity index (χ1n) is 22.0. The van der Waals surface area contributed by atoms with E-state index in [2.05, 4.69) is 37.5 Å². The maximum absolute atomic E-state index is 13.9. The van der Waals surface area contributed by atoms with Crippen LogP contribution < -0.4 is 0 Å². The Hall–Kier alpha value is -1.22. The minimum absolute atomic E-state index is 0.173. The van der Waals surface area contributed by atoms with Crippen molar-refractivity contribution in [1.82, 2.24) is 9.80 Å². The van der Waals surface area contributed by atoms with E-state index in [9.17, 15) is 9.59 Å². The molecular formula is C43H86N2O6. The number of hydrogen-bond acceptors (Lipinski definition) is 8. The Labute approximate surface area is 316 Å². The van der Waals surface area contributed by atoms with E-state index >= 15 is 0 Å². The third-order valence-electron chi connectivity index (χ3n) is 9.89. The molecule has 2 unspecified atom stereocenters. The number of ether oxygens (including phenoxy) is 4. The van der Waals surface area contributed by atoms with E-state index < -0.39 is 12.1 Å². The number of carbonyl (C=O) groups is 2. The molecule has 0 N–H and O–H groups in total. The molecule has 0 heterocycles. The summed E-state index contributed by atoms with van der Waals surface area (Å²) in [5.41, 5.74) is 0. The topological polar surface area (TPSA) is 77.5 Å². The third-order valence-corrected chi connectivity index (χ3v) is 9.89. The van der Waals surface area contributed by atoms with Crippen LogP contribution in [0.2, 0.25) is 0 Å². The average Bonchev–Trinajstić information content (AvgIpc) is 3.13. The van der Waals surface area contributed by atoms with Gasteiger partial charge in [0.05, 0.1) is 26.4 Å². The molecular weight excluding hydrogens is 640 g/mol. The van der Waals surface area contributed by atoms with E-state index in [1.807, 2.05) is 13.8 Å². The molecule has 304 valence electrons. The van der Waals surface area contributed by atoms with Crippen molar-refractivity contribution in [3.05, 3.63) is 0 Å². The molecule has 0 radical (unpaired) electrons. The monoisotopic (exact) mass is 727 g/mol. The Morgan fingerprint density at radius 2 is 0.784 bits per heavy atom. The summed E-state index contributed by atoms with van der Waals surface area (Å²) in [6, 6.07) is -0.895. The Morgan fingerprint density at radius 3 is 1.16 bits per heavy atom. The van der Waals surface area contributed by atoms with Crippen LogP contribution in [-0.2, 0) is 28.5 Å². The van der Waals surface area contributed by atoms with Crippen molar-refractivity contribution in [2.45, 2.75) is 201 Å². The van der Waals surface area contributed by atoms with Crippen LogP contribution in [0, 0.1) is 0 Å². The van der Waals surface area contributed by atoms with Crippen LogP contribution in [0.1, 0.15) is 189 Å². The quantitative estimate of drug-likeness (QED) is 0.0456. The lowest BCUT2D eigenvalue weighted by Gasteiger charge is -2.36. The molecule has 0 aromatic heterocycles. The van der Waals surface area contributed by atoms with Gasteiger partial charge in [-0.05, 0) is 52.5 Å². The summed E-state index contributed by atoms with van der Waals surface area (Å²) in [6.45, 7) is 19.7. The first-order chi connectivity index (χ1) is 25.0. The third kappa shape index (κ3) is 28.9. The van der Waals surface area contributed by atoms with Crippen LogP contribution in [0.4, 0.5) is 0 Å². The van der Waals surface area contributed by atoms with Crippen molar-refractivity contribution in [2.75, 3.05) is 65.8 Å². The lowest BCUT2D eigenvalue weighted by molar-refractivity contribution is -0.158. The maximum Gasteiger partial charge on any atom is 0.323 e. The van der Waals surface area contributed by atoms with Gasteiger partial charge in [-0.1, -0.05) is 143 Å². The minimum atomic E-state index is -0.447. The fourth-order valence-corrected chi connectivity index (χ4v) is 6.66. The maximum atomic E-state index is 13.9. The highest BCUT2D eigenvalue weighted by molar-refractivity contribution is 5.79. The number of nitrogens with zero attached hydrogens (tertiary/aromatic N) is 2. The summed E-state index contributed by atoms with van der Waals surface area (Å²) in [6.07, 6.45) is 25.3. The van der Waals surface area contributed by atoms with Gasteiger partial charge in [-0.25, -0.2) is 0 Å². The highest BCUT2D eigenvalue weighted by Gasteiger charge is 2.36. The van der Waals surface area contributed by atoms with Crippen molar-refractivity contribution in [2.24, 2.45) is 0 Å². The smallest absolute Gasteiger partial charge is 0.323 e. The van der Waals surface area contributed by atoms with Crippen LogP contribution in [0.15, 0.2) is 0 Å². The van der Waals surface area contributed by atoms with Gasteiger partial charge >= 0.3 is 11.9 Å². The standard InChI is InChI=1S/C43H86N2O6/c1-7-13-17-19-21-23-25-27-36-50-42(46)40(30-15-9-3)45(33-29-32-44(34-38-48-11-5)35-39-49-12-6)41(31-16-10-4)43(47)51-37-28-26-24-22-20-18-14-8-2/h40-41H,7-39H2,1-6H3. The Balaban J connectivity index is 5.73. The van der Waals surface area contributed by atoms with Crippen molar-refractivity contribution in [3.63, 3.8) is 0 Å². The first-order valence-corrected chi connectivity index (χ1v) is 22.0. The molecule has 0 rings (SSSR count). The summed E-state index contributed by atoms with van der Waals surface area (Å²) in [5, 5.41) is 0. The van der Waals surface area contributed by atoms with E-state index in [0.717, 1.165) is 77.4 Å². The molecule has 0 aromatic rings. The molecule has 0 amide bonds. The van der Waals surface area contributed by atoms with Crippen LogP contribution in [0.3, 0.4) is 0 Å². The molecule has 0 aliphatic rings. The van der Waals surface area contributed by atoms with Crippen LogP contribution >= 0.6 is 0 Å². The van der Waals surface area contributed by atoms with E-state index in [0.29, 0.717) is 59.0 Å². The number of rotatable bonds is 40. The van der Waals surface area contributed by atoms with E-state index in [4.69, 9.17) is 18.9 Å². The molecule has 0 aromatic carbocycles. The average molecular weight is 727 g/mol. The SMILES string of the molecule is CCCCCCCCCCOC(=O)C(CCCC)N(CCCN(CCOCC)CCOCC)C(CCCC)C(=O)OCCCCCCCCCC. The van der Waals surface area contributed by atoms with Crippen molar-refractivity contribution in [3.8, 4) is 0 Å². The van der Waals surface area contributed by atoms with Crippen molar-refractivity contribution in [1.29, 1.82) is 0 Å². The van der Waals surface area contributed by atoms with Crippen LogP contribution in [0.25, 0.3) is 0 Å². The molecule has 0 aliphatic carbocycles. The fourth-order valence-electron chi connectivity index (χ4n) is 6.66. The molecule has 0 saturated carbocycles. The molecule has 0 saturated heterocycles. The second-order valence-corrected chi connectivity index (χ2v) is 14.4. The summed E-state index contributed by atoms with van der Waals surface area (Å²) in [7, 11) is 0. The normalized spacial score (nSPS) is 12.9.